The fourth-order valence-corrected chi connectivity index (χ4v) is 1.80. The fourth-order valence-electron chi connectivity index (χ4n) is 1.80. The molecule has 0 radical (unpaired) electrons. The van der Waals surface area contributed by atoms with Crippen molar-refractivity contribution in [3.8, 4) is 5.75 Å². The van der Waals surface area contributed by atoms with Gasteiger partial charge in [-0.3, -0.25) is 14.9 Å². The minimum absolute atomic E-state index is 0.0549. The Hall–Kier alpha value is -2.96. The van der Waals surface area contributed by atoms with Crippen molar-refractivity contribution in [3.05, 3.63) is 64.0 Å². The predicted molar refractivity (Wildman–Crippen MR) is 78.4 cm³/mol. The molecule has 0 heterocycles. The van der Waals surface area contributed by atoms with Crippen molar-refractivity contribution < 1.29 is 18.8 Å². The van der Waals surface area contributed by atoms with Gasteiger partial charge < -0.3 is 10.1 Å². The summed E-state index contributed by atoms with van der Waals surface area (Å²) in [5.74, 6) is -0.709. The Kier molecular flexibility index (Phi) is 4.67. The predicted octanol–water partition coefficient (Wildman–Crippen LogP) is 3.06. The summed E-state index contributed by atoms with van der Waals surface area (Å²) in [5, 5.41) is 13.0. The van der Waals surface area contributed by atoms with Gasteiger partial charge in [0.1, 0.15) is 11.6 Å². The molecule has 7 heteroatoms. The van der Waals surface area contributed by atoms with E-state index in [4.69, 9.17) is 4.74 Å². The van der Waals surface area contributed by atoms with Crippen LogP contribution < -0.4 is 10.1 Å². The molecule has 6 nitrogen and oxygen atoms in total. The highest BCUT2D eigenvalue weighted by Crippen LogP contribution is 2.23. The molecule has 2 aromatic carbocycles. The number of hydrogen-bond donors (Lipinski definition) is 1. The second-order valence-corrected chi connectivity index (χ2v) is 4.52. The van der Waals surface area contributed by atoms with E-state index in [1.165, 1.54) is 36.4 Å². The number of amides is 1. The molecule has 2 rings (SSSR count). The molecular formula is C15H13FN2O4. The van der Waals surface area contributed by atoms with E-state index >= 15 is 0 Å². The molecule has 2 aromatic rings. The van der Waals surface area contributed by atoms with Gasteiger partial charge in [-0.05, 0) is 30.7 Å². The van der Waals surface area contributed by atoms with Crippen molar-refractivity contribution in [3.63, 3.8) is 0 Å². The number of nitro benzene ring substituents is 1. The van der Waals surface area contributed by atoms with Gasteiger partial charge in [-0.2, -0.15) is 0 Å². The third kappa shape index (κ3) is 3.78. The number of rotatable bonds is 5. The van der Waals surface area contributed by atoms with Crippen LogP contribution in [0.2, 0.25) is 0 Å². The first-order valence-corrected chi connectivity index (χ1v) is 6.39. The number of benzene rings is 2. The maximum absolute atomic E-state index is 13.4. The van der Waals surface area contributed by atoms with Gasteiger partial charge in [0, 0.05) is 12.1 Å². The van der Waals surface area contributed by atoms with Crippen molar-refractivity contribution in [2.75, 3.05) is 11.9 Å². The molecule has 0 atom stereocenters. The van der Waals surface area contributed by atoms with E-state index in [9.17, 15) is 19.3 Å². The highest BCUT2D eigenvalue weighted by atomic mass is 19.1. The molecule has 1 amide bonds. The van der Waals surface area contributed by atoms with Gasteiger partial charge in [0.2, 0.25) is 0 Å². The van der Waals surface area contributed by atoms with Crippen molar-refractivity contribution >= 4 is 17.3 Å². The number of carbonyl (C=O) groups is 1. The molecule has 0 saturated carbocycles. The van der Waals surface area contributed by atoms with Gasteiger partial charge >= 0.3 is 0 Å². The van der Waals surface area contributed by atoms with Gasteiger partial charge in [0.25, 0.3) is 11.6 Å². The summed E-state index contributed by atoms with van der Waals surface area (Å²) in [6, 6.07) is 9.84. The molecule has 114 valence electrons. The van der Waals surface area contributed by atoms with E-state index in [1.807, 2.05) is 0 Å². The number of non-ortho nitro benzene ring substituents is 1. The fraction of sp³-hybridized carbons (Fsp3) is 0.133. The number of hydrogen-bond acceptors (Lipinski definition) is 4. The number of para-hydroxylation sites is 1. The minimum atomic E-state index is -0.539. The Bertz CT molecular complexity index is 718. The van der Waals surface area contributed by atoms with Gasteiger partial charge in [-0.15, -0.1) is 0 Å². The average Bonchev–Trinajstić information content (AvgIpc) is 2.48. The Morgan fingerprint density at radius 1 is 1.32 bits per heavy atom. The summed E-state index contributed by atoms with van der Waals surface area (Å²) < 4.78 is 18.7. The summed E-state index contributed by atoms with van der Waals surface area (Å²) in [6.45, 7) is 1.31. The molecular weight excluding hydrogens is 291 g/mol. The van der Waals surface area contributed by atoms with Crippen molar-refractivity contribution in [1.82, 2.24) is 0 Å². The lowest BCUT2D eigenvalue weighted by Gasteiger charge is -2.09. The first kappa shape index (κ1) is 15.4. The quantitative estimate of drug-likeness (QED) is 0.680. The number of nitrogens with zero attached hydrogens (tertiary/aromatic N) is 1. The van der Waals surface area contributed by atoms with E-state index in [0.29, 0.717) is 11.3 Å². The summed E-state index contributed by atoms with van der Waals surface area (Å²) in [4.78, 5) is 21.8. The first-order chi connectivity index (χ1) is 10.5. The Morgan fingerprint density at radius 3 is 2.68 bits per heavy atom. The van der Waals surface area contributed by atoms with Crippen LogP contribution in [0.25, 0.3) is 0 Å². The molecule has 0 aliphatic heterocycles. The van der Waals surface area contributed by atoms with Crippen LogP contribution in [0.5, 0.6) is 5.75 Å². The molecule has 0 unspecified atom stereocenters. The molecule has 0 fully saturated rings. The third-order valence-electron chi connectivity index (χ3n) is 2.88. The molecule has 0 aliphatic carbocycles. The molecule has 0 spiro atoms. The zero-order valence-corrected chi connectivity index (χ0v) is 11.7. The number of carbonyl (C=O) groups excluding carboxylic acids is 1. The topological polar surface area (TPSA) is 81.5 Å². The summed E-state index contributed by atoms with van der Waals surface area (Å²) in [5.41, 5.74) is 0.546. The van der Waals surface area contributed by atoms with Gasteiger partial charge in [-0.1, -0.05) is 12.1 Å². The van der Waals surface area contributed by atoms with Gasteiger partial charge in [0.05, 0.1) is 10.6 Å². The molecule has 1 N–H and O–H groups in total. The summed E-state index contributed by atoms with van der Waals surface area (Å²) >= 11 is 0. The highest BCUT2D eigenvalue weighted by molar-refractivity contribution is 5.92. The zero-order valence-electron chi connectivity index (χ0n) is 11.7. The highest BCUT2D eigenvalue weighted by Gasteiger charge is 2.11. The van der Waals surface area contributed by atoms with Crippen molar-refractivity contribution in [2.45, 2.75) is 6.92 Å². The minimum Gasteiger partial charge on any atom is -0.483 e. The number of anilines is 1. The van der Waals surface area contributed by atoms with Crippen LogP contribution in [0.4, 0.5) is 15.8 Å². The van der Waals surface area contributed by atoms with Gasteiger partial charge in [0.15, 0.2) is 6.61 Å². The van der Waals surface area contributed by atoms with Crippen molar-refractivity contribution in [1.29, 1.82) is 0 Å². The van der Waals surface area contributed by atoms with Crippen LogP contribution in [0.3, 0.4) is 0 Å². The van der Waals surface area contributed by atoms with Crippen LogP contribution in [0.1, 0.15) is 5.56 Å². The van der Waals surface area contributed by atoms with E-state index < -0.39 is 16.6 Å². The second kappa shape index (κ2) is 6.66. The molecule has 0 aliphatic rings. The number of nitrogens with one attached hydrogen (secondary N) is 1. The summed E-state index contributed by atoms with van der Waals surface area (Å²) in [7, 11) is 0. The number of nitro groups is 1. The summed E-state index contributed by atoms with van der Waals surface area (Å²) in [6.07, 6.45) is 0. The average molecular weight is 304 g/mol. The number of aryl methyl sites for hydroxylation is 1. The Balaban J connectivity index is 1.97. The van der Waals surface area contributed by atoms with Crippen LogP contribution in [0.15, 0.2) is 42.5 Å². The van der Waals surface area contributed by atoms with Gasteiger partial charge in [-0.25, -0.2) is 4.39 Å². The first-order valence-electron chi connectivity index (χ1n) is 6.39. The van der Waals surface area contributed by atoms with Crippen LogP contribution >= 0.6 is 0 Å². The normalized spacial score (nSPS) is 10.1. The third-order valence-corrected chi connectivity index (χ3v) is 2.88. The maximum atomic E-state index is 13.4. The standard InChI is InChI=1S/C15H13FN2O4/c1-10-8-11(18(20)21)6-7-14(10)22-9-15(19)17-13-5-3-2-4-12(13)16/h2-8H,9H2,1H3,(H,17,19). The molecule has 0 bridgehead atoms. The van der Waals surface area contributed by atoms with Crippen molar-refractivity contribution in [2.24, 2.45) is 0 Å². The maximum Gasteiger partial charge on any atom is 0.269 e. The lowest BCUT2D eigenvalue weighted by Crippen LogP contribution is -2.21. The van der Waals surface area contributed by atoms with Crippen LogP contribution in [-0.2, 0) is 4.79 Å². The Labute approximate surface area is 125 Å². The monoisotopic (exact) mass is 304 g/mol. The van der Waals surface area contributed by atoms with E-state index in [0.717, 1.165) is 0 Å². The largest absolute Gasteiger partial charge is 0.483 e. The molecule has 0 aromatic heterocycles. The molecule has 22 heavy (non-hydrogen) atoms. The smallest absolute Gasteiger partial charge is 0.269 e. The SMILES string of the molecule is Cc1cc([N+](=O)[O-])ccc1OCC(=O)Nc1ccccc1F. The van der Waals surface area contributed by atoms with E-state index in [-0.39, 0.29) is 18.0 Å². The number of halogens is 1. The lowest BCUT2D eigenvalue weighted by molar-refractivity contribution is -0.384. The van der Waals surface area contributed by atoms with E-state index in [2.05, 4.69) is 5.32 Å². The van der Waals surface area contributed by atoms with Crippen LogP contribution in [0, 0.1) is 22.9 Å². The molecule has 0 saturated heterocycles. The lowest BCUT2D eigenvalue weighted by atomic mass is 10.2. The zero-order chi connectivity index (χ0) is 16.1. The van der Waals surface area contributed by atoms with Crippen LogP contribution in [-0.4, -0.2) is 17.4 Å². The second-order valence-electron chi connectivity index (χ2n) is 4.52. The number of ether oxygens (including phenoxy) is 1. The Morgan fingerprint density at radius 2 is 2.05 bits per heavy atom. The van der Waals surface area contributed by atoms with E-state index in [1.54, 1.807) is 13.0 Å².